The number of nitrogens with zero attached hydrogens (tertiary/aromatic N) is 3. The van der Waals surface area contributed by atoms with E-state index < -0.39 is 10.2 Å². The Kier molecular flexibility index (Phi) is 153. The average Bonchev–Trinajstić information content (AvgIpc) is 2.75. The second-order valence-corrected chi connectivity index (χ2v) is 7.76. The molecular weight excluding hydrogens is 815 g/mol. The van der Waals surface area contributed by atoms with Crippen molar-refractivity contribution in [3.8, 4) is 0 Å². The number of hydrogen-bond acceptors (Lipinski definition) is 22. The van der Waals surface area contributed by atoms with Gasteiger partial charge in [0.1, 0.15) is 0 Å². The normalized spacial score (nSPS) is 8.53. The summed E-state index contributed by atoms with van der Waals surface area (Å²) in [5.41, 5.74) is 48.3. The van der Waals surface area contributed by atoms with Gasteiger partial charge in [0.25, 0.3) is 0 Å². The SMILES string of the molecule is NCCN(CCN)CCN.NCCN(CCN)CCN.NCCN(CCN)CCN.[Co+3].[Co+3].[Co+3].[Ni+2].[O-][Cl+3]([O-])([O-])[O-].[OH-].[OH-].[OH-].[OH-].[OH-].[OH-]. The zero-order valence-electron chi connectivity index (χ0n) is 25.3. The summed E-state index contributed by atoms with van der Waals surface area (Å²) in [6.07, 6.45) is 0. The summed E-state index contributed by atoms with van der Waals surface area (Å²) in [6.45, 7) is 14.2. The number of halogens is 1. The van der Waals surface area contributed by atoms with Gasteiger partial charge in [-0.15, -0.1) is 10.2 Å². The van der Waals surface area contributed by atoms with Gasteiger partial charge in [-0.2, -0.15) is 0 Å². The predicted molar refractivity (Wildman–Crippen MR) is 142 cm³/mol. The first-order chi connectivity index (χ1) is 16.5. The Morgan fingerprint density at radius 1 is 0.311 bits per heavy atom. The van der Waals surface area contributed by atoms with Crippen LogP contribution < -0.4 is 70.2 Å². The van der Waals surface area contributed by atoms with Crippen LogP contribution >= 0.6 is 0 Å². The van der Waals surface area contributed by atoms with Gasteiger partial charge >= 0.3 is 66.8 Å². The Morgan fingerprint density at radius 2 is 0.378 bits per heavy atom. The topological polar surface area (TPSA) is 516 Å². The maximum Gasteiger partial charge on any atom is 3.00 e. The van der Waals surface area contributed by atoms with Crippen LogP contribution in [0.3, 0.4) is 0 Å². The molecule has 0 spiro atoms. The van der Waals surface area contributed by atoms with Crippen molar-refractivity contribution in [1.82, 2.24) is 14.7 Å². The molecule has 292 valence electrons. The third kappa shape index (κ3) is 106. The zero-order chi connectivity index (χ0) is 28.0. The quantitative estimate of drug-likeness (QED) is 0.0577. The van der Waals surface area contributed by atoms with E-state index in [1.165, 1.54) is 0 Å². The van der Waals surface area contributed by atoms with Crippen LogP contribution in [0.25, 0.3) is 0 Å². The van der Waals surface area contributed by atoms with E-state index in [1.54, 1.807) is 0 Å². The van der Waals surface area contributed by atoms with Crippen LogP contribution in [0.4, 0.5) is 0 Å². The Hall–Kier alpha value is 1.42. The van der Waals surface area contributed by atoms with Crippen molar-refractivity contribution in [2.75, 3.05) is 118 Å². The smallest absolute Gasteiger partial charge is 0.870 e. The van der Waals surface area contributed by atoms with Crippen molar-refractivity contribution in [2.24, 2.45) is 51.6 Å². The van der Waals surface area contributed by atoms with Gasteiger partial charge in [0, 0.05) is 118 Å². The fourth-order valence-corrected chi connectivity index (χ4v) is 2.65. The van der Waals surface area contributed by atoms with Gasteiger partial charge in [-0.3, -0.25) is 14.7 Å². The molecule has 0 aliphatic heterocycles. The van der Waals surface area contributed by atoms with E-state index >= 15 is 0 Å². The minimum absolute atomic E-state index is 0. The van der Waals surface area contributed by atoms with Crippen LogP contribution in [0.5, 0.6) is 0 Å². The van der Waals surface area contributed by atoms with Crippen LogP contribution in [0, 0.1) is 10.2 Å². The fraction of sp³-hybridized carbons (Fsp3) is 1.00. The molecule has 0 aromatic carbocycles. The Morgan fingerprint density at radius 3 is 0.422 bits per heavy atom. The molecule has 0 saturated carbocycles. The second-order valence-electron chi connectivity index (χ2n) is 7.00. The maximum atomic E-state index is 8.49. The molecule has 22 nitrogen and oxygen atoms in total. The molecule has 0 saturated heterocycles. The average molecular weight is 876 g/mol. The van der Waals surface area contributed by atoms with Crippen molar-refractivity contribution in [3.05, 3.63) is 0 Å². The first-order valence-corrected chi connectivity index (χ1v) is 12.9. The summed E-state index contributed by atoms with van der Waals surface area (Å²) in [5, 5.41) is 0. The summed E-state index contributed by atoms with van der Waals surface area (Å²) in [6, 6.07) is 0. The third-order valence-corrected chi connectivity index (χ3v) is 4.01. The van der Waals surface area contributed by atoms with Gasteiger partial charge in [0.2, 0.25) is 0 Å². The minimum Gasteiger partial charge on any atom is -0.870 e. The van der Waals surface area contributed by atoms with Crippen molar-refractivity contribution >= 4 is 0 Å². The maximum absolute atomic E-state index is 8.49. The molecule has 0 radical (unpaired) electrons. The van der Waals surface area contributed by atoms with E-state index in [4.69, 9.17) is 70.2 Å². The largest absolute Gasteiger partial charge is 3.00 e. The summed E-state index contributed by atoms with van der Waals surface area (Å²) in [4.78, 5) is 6.50. The van der Waals surface area contributed by atoms with Crippen molar-refractivity contribution in [1.29, 1.82) is 0 Å². The summed E-state index contributed by atoms with van der Waals surface area (Å²) >= 11 is 0. The van der Waals surface area contributed by atoms with E-state index in [2.05, 4.69) is 14.7 Å². The summed E-state index contributed by atoms with van der Waals surface area (Å²) < 4.78 is 34.0. The van der Waals surface area contributed by atoms with Crippen LogP contribution in [-0.2, 0) is 66.8 Å². The van der Waals surface area contributed by atoms with Crippen LogP contribution in [0.15, 0.2) is 0 Å². The van der Waals surface area contributed by atoms with E-state index in [1.807, 2.05) is 0 Å². The fourth-order valence-electron chi connectivity index (χ4n) is 2.65. The minimum atomic E-state index is -4.94. The third-order valence-electron chi connectivity index (χ3n) is 4.01. The van der Waals surface area contributed by atoms with E-state index in [0.29, 0.717) is 58.9 Å². The van der Waals surface area contributed by atoms with Gasteiger partial charge in [-0.25, -0.2) is 18.6 Å². The van der Waals surface area contributed by atoms with Gasteiger partial charge in [-0.1, -0.05) is 0 Å². The molecule has 0 aliphatic carbocycles. The molecule has 0 heterocycles. The molecule has 0 aromatic rings. The van der Waals surface area contributed by atoms with Crippen molar-refractivity contribution in [2.45, 2.75) is 0 Å². The molecule has 0 bridgehead atoms. The van der Waals surface area contributed by atoms with Crippen molar-refractivity contribution < 1.29 is 129 Å². The monoisotopic (exact) mass is 874 g/mol. The zero-order valence-corrected chi connectivity index (χ0v) is 30.1. The molecule has 0 rings (SSSR count). The Labute approximate surface area is 311 Å². The molecule has 0 fully saturated rings. The first-order valence-electron chi connectivity index (χ1n) is 11.6. The van der Waals surface area contributed by atoms with Gasteiger partial charge in [-0.05, 0) is 0 Å². The molecule has 0 aromatic heterocycles. The molecule has 24 N–H and O–H groups in total. The Bertz CT molecular complexity index is 323. The van der Waals surface area contributed by atoms with E-state index in [-0.39, 0.29) is 99.7 Å². The van der Waals surface area contributed by atoms with Gasteiger partial charge in [0.05, 0.1) is 0 Å². The summed E-state index contributed by atoms with van der Waals surface area (Å²) in [5.74, 6) is 0. The standard InChI is InChI=1S/3C6H18N4.ClHO4.3Co.Ni.6H2O/c3*7-1-4-10(5-2-8)6-3-9;2-1(3,4)5;;;;;;;;;;/h3*1-9H2;(H,2,3,4,5);;;;;6*1H2/q;;;;3*+3;+2;;;;;;/p-7. The molecule has 0 unspecified atom stereocenters. The Balaban J connectivity index is -0.0000000225. The van der Waals surface area contributed by atoms with Gasteiger partial charge < -0.3 is 84.5 Å². The van der Waals surface area contributed by atoms with Crippen LogP contribution in [0.2, 0.25) is 0 Å². The molecule has 0 amide bonds. The molecule has 27 heteroatoms. The molecule has 0 atom stereocenters. The van der Waals surface area contributed by atoms with Gasteiger partial charge in [0.15, 0.2) is 0 Å². The van der Waals surface area contributed by atoms with Crippen LogP contribution in [0.1, 0.15) is 0 Å². The molecular formula is C18H60ClCo3N12NiO10+4. The predicted octanol–water partition coefficient (Wildman–Crippen LogP) is -11.3. The van der Waals surface area contributed by atoms with E-state index in [0.717, 1.165) is 58.9 Å². The van der Waals surface area contributed by atoms with Crippen molar-refractivity contribution in [3.63, 3.8) is 0 Å². The molecule has 0 aliphatic rings. The van der Waals surface area contributed by atoms with E-state index in [9.17, 15) is 0 Å². The molecule has 45 heavy (non-hydrogen) atoms. The number of nitrogens with two attached hydrogens (primary N) is 9. The van der Waals surface area contributed by atoms with Crippen LogP contribution in [-0.4, -0.2) is 165 Å². The second kappa shape index (κ2) is 75.6. The number of hydrogen-bond donors (Lipinski definition) is 9. The number of rotatable bonds is 18. The summed E-state index contributed by atoms with van der Waals surface area (Å²) in [7, 11) is -4.94. The first kappa shape index (κ1) is 91.1.